The molecule has 0 bridgehead atoms. The number of hydrogen-bond acceptors (Lipinski definition) is 6. The van der Waals surface area contributed by atoms with Gasteiger partial charge in [-0.3, -0.25) is 4.79 Å². The molecule has 0 aliphatic carbocycles. The Labute approximate surface area is 176 Å². The van der Waals surface area contributed by atoms with Crippen molar-refractivity contribution in [2.45, 2.75) is 9.79 Å². The Hall–Kier alpha value is -2.53. The van der Waals surface area contributed by atoms with Crippen LogP contribution < -0.4 is 5.32 Å². The molecule has 0 saturated carbocycles. The third-order valence-corrected chi connectivity index (χ3v) is 7.51. The smallest absolute Gasteiger partial charge is 0.248 e. The van der Waals surface area contributed by atoms with Crippen molar-refractivity contribution >= 4 is 37.5 Å². The van der Waals surface area contributed by atoms with E-state index in [9.17, 15) is 21.6 Å². The number of rotatable bonds is 6. The number of nitrogens with one attached hydrogen (secondary N) is 1. The highest BCUT2D eigenvalue weighted by atomic mass is 32.2. The van der Waals surface area contributed by atoms with Crippen LogP contribution >= 0.6 is 0 Å². The third kappa shape index (κ3) is 5.54. The molecular weight excluding hydrogens is 428 g/mol. The molecule has 1 amide bonds. The molecular formula is C20H22N2O6S2. The van der Waals surface area contributed by atoms with Crippen LogP contribution in [-0.4, -0.2) is 59.6 Å². The van der Waals surface area contributed by atoms with Crippen molar-refractivity contribution in [2.24, 2.45) is 0 Å². The number of morpholine rings is 1. The van der Waals surface area contributed by atoms with Crippen molar-refractivity contribution in [2.75, 3.05) is 37.9 Å². The fraction of sp³-hybridized carbons (Fsp3) is 0.250. The fourth-order valence-electron chi connectivity index (χ4n) is 2.83. The van der Waals surface area contributed by atoms with Crippen LogP contribution in [0.5, 0.6) is 0 Å². The van der Waals surface area contributed by atoms with E-state index in [4.69, 9.17) is 4.74 Å². The zero-order valence-electron chi connectivity index (χ0n) is 16.3. The van der Waals surface area contributed by atoms with Crippen molar-refractivity contribution < 1.29 is 26.4 Å². The predicted molar refractivity (Wildman–Crippen MR) is 113 cm³/mol. The summed E-state index contributed by atoms with van der Waals surface area (Å²) in [5.74, 6) is -0.397. The number of benzene rings is 2. The minimum atomic E-state index is -3.58. The highest BCUT2D eigenvalue weighted by Crippen LogP contribution is 2.19. The van der Waals surface area contributed by atoms with Crippen molar-refractivity contribution in [1.82, 2.24) is 4.31 Å². The summed E-state index contributed by atoms with van der Waals surface area (Å²) in [6, 6.07) is 12.1. The Morgan fingerprint density at radius 2 is 1.50 bits per heavy atom. The molecule has 2 aromatic rings. The van der Waals surface area contributed by atoms with Crippen LogP contribution in [0.4, 0.5) is 5.69 Å². The number of carbonyl (C=O) groups is 1. The topological polar surface area (TPSA) is 110 Å². The van der Waals surface area contributed by atoms with E-state index in [2.05, 4.69) is 5.32 Å². The average molecular weight is 451 g/mol. The maximum Gasteiger partial charge on any atom is 0.248 e. The van der Waals surface area contributed by atoms with Gasteiger partial charge in [-0.05, 0) is 48.0 Å². The second-order valence-corrected chi connectivity index (χ2v) is 10.7. The number of sulfone groups is 1. The molecule has 160 valence electrons. The molecule has 0 radical (unpaired) electrons. The average Bonchev–Trinajstić information content (AvgIpc) is 2.73. The van der Waals surface area contributed by atoms with E-state index in [1.165, 1.54) is 46.8 Å². The molecule has 8 nitrogen and oxygen atoms in total. The van der Waals surface area contributed by atoms with Crippen LogP contribution in [0.25, 0.3) is 6.08 Å². The molecule has 1 N–H and O–H groups in total. The zero-order chi connectivity index (χ0) is 21.8. The van der Waals surface area contributed by atoms with Gasteiger partial charge >= 0.3 is 0 Å². The van der Waals surface area contributed by atoms with Crippen LogP contribution in [0.1, 0.15) is 5.56 Å². The molecule has 1 aliphatic heterocycles. The summed E-state index contributed by atoms with van der Waals surface area (Å²) in [6.07, 6.45) is 4.00. The number of hydrogen-bond donors (Lipinski definition) is 1. The van der Waals surface area contributed by atoms with Gasteiger partial charge in [0.15, 0.2) is 9.84 Å². The lowest BCUT2D eigenvalue weighted by Gasteiger charge is -2.26. The van der Waals surface area contributed by atoms with E-state index in [1.807, 2.05) is 0 Å². The highest BCUT2D eigenvalue weighted by Gasteiger charge is 2.26. The van der Waals surface area contributed by atoms with Gasteiger partial charge in [0.1, 0.15) is 0 Å². The quantitative estimate of drug-likeness (QED) is 0.672. The molecule has 0 aromatic heterocycles. The lowest BCUT2D eigenvalue weighted by atomic mass is 10.2. The molecule has 0 unspecified atom stereocenters. The largest absolute Gasteiger partial charge is 0.379 e. The van der Waals surface area contributed by atoms with Gasteiger partial charge in [0.25, 0.3) is 0 Å². The summed E-state index contributed by atoms with van der Waals surface area (Å²) in [5.41, 5.74) is 1.13. The second-order valence-electron chi connectivity index (χ2n) is 6.70. The van der Waals surface area contributed by atoms with Crippen molar-refractivity contribution in [3.63, 3.8) is 0 Å². The maximum atomic E-state index is 12.6. The molecule has 0 spiro atoms. The van der Waals surface area contributed by atoms with Gasteiger partial charge in [0.05, 0.1) is 23.0 Å². The molecule has 30 heavy (non-hydrogen) atoms. The molecule has 1 aliphatic rings. The predicted octanol–water partition coefficient (Wildman–Crippen LogP) is 1.76. The van der Waals surface area contributed by atoms with Gasteiger partial charge in [-0.2, -0.15) is 4.31 Å². The van der Waals surface area contributed by atoms with Crippen LogP contribution in [-0.2, 0) is 29.4 Å². The SMILES string of the molecule is CS(=O)(=O)c1ccc(/C=C/C(=O)Nc2ccc(S(=O)(=O)N3CCOCC3)cc2)cc1. The normalized spacial score (nSPS) is 15.9. The summed E-state index contributed by atoms with van der Waals surface area (Å²) in [5, 5.41) is 2.66. The molecule has 1 saturated heterocycles. The molecule has 1 heterocycles. The van der Waals surface area contributed by atoms with Gasteiger partial charge in [-0.1, -0.05) is 12.1 Å². The monoisotopic (exact) mass is 450 g/mol. The van der Waals surface area contributed by atoms with Crippen molar-refractivity contribution in [3.05, 3.63) is 60.2 Å². The number of ether oxygens (including phenoxy) is 1. The third-order valence-electron chi connectivity index (χ3n) is 4.47. The van der Waals surface area contributed by atoms with Gasteiger partial charge in [-0.25, -0.2) is 16.8 Å². The minimum Gasteiger partial charge on any atom is -0.379 e. The van der Waals surface area contributed by atoms with Crippen LogP contribution in [0.2, 0.25) is 0 Å². The Morgan fingerprint density at radius 3 is 2.07 bits per heavy atom. The first kappa shape index (κ1) is 22.2. The van der Waals surface area contributed by atoms with E-state index in [0.29, 0.717) is 37.6 Å². The van der Waals surface area contributed by atoms with E-state index in [1.54, 1.807) is 18.2 Å². The van der Waals surface area contributed by atoms with E-state index in [0.717, 1.165) is 6.26 Å². The molecule has 3 rings (SSSR count). The summed E-state index contributed by atoms with van der Waals surface area (Å²) in [7, 11) is -6.85. The lowest BCUT2D eigenvalue weighted by molar-refractivity contribution is -0.111. The molecule has 1 fully saturated rings. The number of anilines is 1. The van der Waals surface area contributed by atoms with E-state index in [-0.39, 0.29) is 9.79 Å². The van der Waals surface area contributed by atoms with Crippen LogP contribution in [0.15, 0.2) is 64.4 Å². The Kier molecular flexibility index (Phi) is 6.71. The first-order chi connectivity index (χ1) is 14.2. The first-order valence-corrected chi connectivity index (χ1v) is 12.5. The molecule has 10 heteroatoms. The second kappa shape index (κ2) is 9.09. The van der Waals surface area contributed by atoms with Crippen molar-refractivity contribution in [3.8, 4) is 0 Å². The van der Waals surface area contributed by atoms with Crippen LogP contribution in [0.3, 0.4) is 0 Å². The maximum absolute atomic E-state index is 12.6. The van der Waals surface area contributed by atoms with Crippen LogP contribution in [0, 0.1) is 0 Å². The Morgan fingerprint density at radius 1 is 0.933 bits per heavy atom. The summed E-state index contributed by atoms with van der Waals surface area (Å²) in [6.45, 7) is 1.38. The van der Waals surface area contributed by atoms with Gasteiger partial charge in [-0.15, -0.1) is 0 Å². The van der Waals surface area contributed by atoms with E-state index < -0.39 is 25.8 Å². The summed E-state index contributed by atoms with van der Waals surface area (Å²) < 4.78 is 54.7. The van der Waals surface area contributed by atoms with E-state index >= 15 is 0 Å². The molecule has 0 atom stereocenters. The van der Waals surface area contributed by atoms with Crippen molar-refractivity contribution in [1.29, 1.82) is 0 Å². The Balaban J connectivity index is 1.62. The Bertz CT molecular complexity index is 1130. The summed E-state index contributed by atoms with van der Waals surface area (Å²) in [4.78, 5) is 12.5. The van der Waals surface area contributed by atoms with Gasteiger partial charge in [0, 0.05) is 31.1 Å². The lowest BCUT2D eigenvalue weighted by Crippen LogP contribution is -2.40. The standard InChI is InChI=1S/C20H22N2O6S2/c1-29(24,25)18-7-2-16(3-8-18)4-11-20(23)21-17-5-9-19(10-6-17)30(26,27)22-12-14-28-15-13-22/h2-11H,12-15H2,1H3,(H,21,23)/b11-4+. The number of sulfonamides is 1. The summed E-state index contributed by atoms with van der Waals surface area (Å²) >= 11 is 0. The zero-order valence-corrected chi connectivity index (χ0v) is 17.9. The fourth-order valence-corrected chi connectivity index (χ4v) is 4.87. The highest BCUT2D eigenvalue weighted by molar-refractivity contribution is 7.90. The first-order valence-electron chi connectivity index (χ1n) is 9.13. The number of amides is 1. The van der Waals surface area contributed by atoms with Gasteiger partial charge in [0.2, 0.25) is 15.9 Å². The molecule has 2 aromatic carbocycles. The minimum absolute atomic E-state index is 0.156. The number of carbonyl (C=O) groups excluding carboxylic acids is 1. The number of nitrogens with zero attached hydrogens (tertiary/aromatic N) is 1. The van der Waals surface area contributed by atoms with Gasteiger partial charge < -0.3 is 10.1 Å².